The molecule has 0 aliphatic heterocycles. The van der Waals surface area contributed by atoms with Crippen molar-refractivity contribution in [1.82, 2.24) is 0 Å². The van der Waals surface area contributed by atoms with Crippen molar-refractivity contribution in [1.29, 1.82) is 0 Å². The normalized spacial score (nSPS) is 9.38. The smallest absolute Gasteiger partial charge is 0.337 e. The van der Waals surface area contributed by atoms with Gasteiger partial charge in [0.15, 0.2) is 0 Å². The third-order valence-corrected chi connectivity index (χ3v) is 1.53. The summed E-state index contributed by atoms with van der Waals surface area (Å²) in [6, 6.07) is 6.58. The molecule has 70 valence electrons. The van der Waals surface area contributed by atoms with Crippen LogP contribution < -0.4 is 10.5 Å². The summed E-state index contributed by atoms with van der Waals surface area (Å²) in [4.78, 5) is 11.0. The molecule has 0 bridgehead atoms. The van der Waals surface area contributed by atoms with Gasteiger partial charge in [-0.15, -0.1) is 0 Å². The van der Waals surface area contributed by atoms with Gasteiger partial charge in [-0.1, -0.05) is 0 Å². The summed E-state index contributed by atoms with van der Waals surface area (Å²) in [7, 11) is 1.34. The van der Waals surface area contributed by atoms with Crippen molar-refractivity contribution in [3.8, 4) is 5.75 Å². The van der Waals surface area contributed by atoms with Crippen LogP contribution in [0.15, 0.2) is 24.3 Å². The Morgan fingerprint density at radius 2 is 2.00 bits per heavy atom. The Morgan fingerprint density at radius 3 is 2.46 bits per heavy atom. The van der Waals surface area contributed by atoms with E-state index in [-0.39, 0.29) is 12.7 Å². The lowest BCUT2D eigenvalue weighted by Crippen LogP contribution is -2.07. The van der Waals surface area contributed by atoms with Gasteiger partial charge in [0.05, 0.1) is 12.7 Å². The predicted molar refractivity (Wildman–Crippen MR) is 47.5 cm³/mol. The Morgan fingerprint density at radius 1 is 1.38 bits per heavy atom. The van der Waals surface area contributed by atoms with Gasteiger partial charge in [-0.2, -0.15) is 0 Å². The van der Waals surface area contributed by atoms with E-state index in [1.165, 1.54) is 7.11 Å². The maximum Gasteiger partial charge on any atom is 0.337 e. The maximum absolute atomic E-state index is 11.0. The Bertz CT molecular complexity index is 281. The highest BCUT2D eigenvalue weighted by atomic mass is 16.5. The van der Waals surface area contributed by atoms with Crippen LogP contribution in [-0.4, -0.2) is 19.8 Å². The van der Waals surface area contributed by atoms with Crippen LogP contribution in [0.1, 0.15) is 10.4 Å². The molecule has 0 unspecified atom stereocenters. The minimum Gasteiger partial charge on any atom is -0.479 e. The highest BCUT2D eigenvalue weighted by molar-refractivity contribution is 5.89. The number of nitrogens with two attached hydrogens (primary N) is 1. The van der Waals surface area contributed by atoms with Crippen molar-refractivity contribution in [2.24, 2.45) is 5.73 Å². The molecule has 0 aliphatic carbocycles. The quantitative estimate of drug-likeness (QED) is 0.552. The molecule has 1 aromatic rings. The van der Waals surface area contributed by atoms with E-state index in [1.54, 1.807) is 24.3 Å². The third kappa shape index (κ3) is 2.45. The maximum atomic E-state index is 11.0. The standard InChI is InChI=1S/C9H11NO3/c1-12-9(11)7-2-4-8(5-3-7)13-6-10/h2-5H,6,10H2,1H3. The highest BCUT2D eigenvalue weighted by Gasteiger charge is 2.03. The second kappa shape index (κ2) is 4.47. The molecule has 0 fully saturated rings. The fourth-order valence-electron chi connectivity index (χ4n) is 0.901. The van der Waals surface area contributed by atoms with Crippen LogP contribution in [0.2, 0.25) is 0 Å². The number of ether oxygens (including phenoxy) is 2. The number of carbonyl (C=O) groups is 1. The molecule has 0 aromatic heterocycles. The lowest BCUT2D eigenvalue weighted by atomic mass is 10.2. The number of benzene rings is 1. The molecular formula is C9H11NO3. The van der Waals surface area contributed by atoms with E-state index in [2.05, 4.69) is 4.74 Å². The number of hydrogen-bond acceptors (Lipinski definition) is 4. The van der Waals surface area contributed by atoms with Crippen LogP contribution in [0.25, 0.3) is 0 Å². The van der Waals surface area contributed by atoms with Crippen LogP contribution in [0, 0.1) is 0 Å². The van der Waals surface area contributed by atoms with E-state index in [4.69, 9.17) is 10.5 Å². The Hall–Kier alpha value is -1.55. The van der Waals surface area contributed by atoms with Crippen molar-refractivity contribution in [2.45, 2.75) is 0 Å². The van der Waals surface area contributed by atoms with Gasteiger partial charge in [0.25, 0.3) is 0 Å². The molecule has 1 rings (SSSR count). The molecule has 0 aliphatic rings. The summed E-state index contributed by atoms with van der Waals surface area (Å²) < 4.78 is 9.53. The van der Waals surface area contributed by atoms with Crippen molar-refractivity contribution in [3.05, 3.63) is 29.8 Å². The Balaban J connectivity index is 2.75. The van der Waals surface area contributed by atoms with Gasteiger partial charge in [-0.05, 0) is 24.3 Å². The van der Waals surface area contributed by atoms with E-state index in [0.29, 0.717) is 11.3 Å². The number of rotatable bonds is 3. The molecule has 1 aromatic carbocycles. The van der Waals surface area contributed by atoms with E-state index in [9.17, 15) is 4.79 Å². The fraction of sp³-hybridized carbons (Fsp3) is 0.222. The molecule has 0 amide bonds. The Kier molecular flexibility index (Phi) is 3.28. The van der Waals surface area contributed by atoms with Crippen LogP contribution in [0.4, 0.5) is 0 Å². The Labute approximate surface area is 76.3 Å². The molecule has 0 spiro atoms. The first-order valence-corrected chi connectivity index (χ1v) is 3.79. The van der Waals surface area contributed by atoms with Crippen LogP contribution in [-0.2, 0) is 4.74 Å². The van der Waals surface area contributed by atoms with Gasteiger partial charge >= 0.3 is 5.97 Å². The third-order valence-electron chi connectivity index (χ3n) is 1.53. The average molecular weight is 181 g/mol. The second-order valence-electron chi connectivity index (χ2n) is 2.33. The molecule has 4 nitrogen and oxygen atoms in total. The molecule has 0 saturated carbocycles. The first kappa shape index (κ1) is 9.54. The van der Waals surface area contributed by atoms with Gasteiger partial charge in [-0.3, -0.25) is 5.73 Å². The summed E-state index contributed by atoms with van der Waals surface area (Å²) in [5.74, 6) is 0.273. The van der Waals surface area contributed by atoms with Gasteiger partial charge < -0.3 is 9.47 Å². The number of hydrogen-bond donors (Lipinski definition) is 1. The lowest BCUT2D eigenvalue weighted by Gasteiger charge is -2.03. The van der Waals surface area contributed by atoms with Gasteiger partial charge in [0.2, 0.25) is 0 Å². The first-order chi connectivity index (χ1) is 6.27. The molecular weight excluding hydrogens is 170 g/mol. The first-order valence-electron chi connectivity index (χ1n) is 3.79. The van der Waals surface area contributed by atoms with E-state index < -0.39 is 0 Å². The molecule has 0 radical (unpaired) electrons. The largest absolute Gasteiger partial charge is 0.479 e. The zero-order chi connectivity index (χ0) is 9.68. The van der Waals surface area contributed by atoms with Gasteiger partial charge in [-0.25, -0.2) is 4.79 Å². The predicted octanol–water partition coefficient (Wildman–Crippen LogP) is 0.768. The van der Waals surface area contributed by atoms with Crippen LogP contribution in [0.5, 0.6) is 5.75 Å². The highest BCUT2D eigenvalue weighted by Crippen LogP contribution is 2.11. The van der Waals surface area contributed by atoms with E-state index in [1.807, 2.05) is 0 Å². The molecule has 4 heteroatoms. The monoisotopic (exact) mass is 181 g/mol. The summed E-state index contributed by atoms with van der Waals surface area (Å²) in [6.07, 6.45) is 0. The minimum absolute atomic E-state index is 0.123. The lowest BCUT2D eigenvalue weighted by molar-refractivity contribution is 0.0600. The minimum atomic E-state index is -0.362. The van der Waals surface area contributed by atoms with Crippen LogP contribution >= 0.6 is 0 Å². The SMILES string of the molecule is COC(=O)c1ccc(OCN)cc1. The van der Waals surface area contributed by atoms with Crippen molar-refractivity contribution >= 4 is 5.97 Å². The number of methoxy groups -OCH3 is 1. The molecule has 13 heavy (non-hydrogen) atoms. The van der Waals surface area contributed by atoms with E-state index in [0.717, 1.165) is 0 Å². The second-order valence-corrected chi connectivity index (χ2v) is 2.33. The molecule has 2 N–H and O–H groups in total. The molecule has 0 saturated heterocycles. The molecule has 0 atom stereocenters. The number of esters is 1. The van der Waals surface area contributed by atoms with Crippen LogP contribution in [0.3, 0.4) is 0 Å². The summed E-state index contributed by atoms with van der Waals surface area (Å²) >= 11 is 0. The van der Waals surface area contributed by atoms with Gasteiger partial charge in [0.1, 0.15) is 12.5 Å². The average Bonchev–Trinajstić information content (AvgIpc) is 2.18. The summed E-state index contributed by atoms with van der Waals surface area (Å²) in [6.45, 7) is 0.123. The van der Waals surface area contributed by atoms with Crippen molar-refractivity contribution in [2.75, 3.05) is 13.8 Å². The number of carbonyl (C=O) groups excluding carboxylic acids is 1. The topological polar surface area (TPSA) is 61.5 Å². The van der Waals surface area contributed by atoms with E-state index >= 15 is 0 Å². The summed E-state index contributed by atoms with van der Waals surface area (Å²) in [5, 5.41) is 0. The fourth-order valence-corrected chi connectivity index (χ4v) is 0.901. The summed E-state index contributed by atoms with van der Waals surface area (Å²) in [5.41, 5.74) is 5.66. The van der Waals surface area contributed by atoms with Gasteiger partial charge in [0, 0.05) is 0 Å². The zero-order valence-corrected chi connectivity index (χ0v) is 7.32. The molecule has 0 heterocycles. The van der Waals surface area contributed by atoms with Crippen molar-refractivity contribution in [3.63, 3.8) is 0 Å². The van der Waals surface area contributed by atoms with Crippen molar-refractivity contribution < 1.29 is 14.3 Å². The zero-order valence-electron chi connectivity index (χ0n) is 7.32.